The Labute approximate surface area is 154 Å². The molecule has 26 heavy (non-hydrogen) atoms. The molecule has 2 aromatic rings. The lowest BCUT2D eigenvalue weighted by molar-refractivity contribution is 0.0494. The minimum Gasteiger partial charge on any atom is -0.445 e. The summed E-state index contributed by atoms with van der Waals surface area (Å²) in [6.45, 7) is 1.22. The number of carbonyl (C=O) groups is 1. The summed E-state index contributed by atoms with van der Waals surface area (Å²) in [5, 5.41) is 3.50. The average Bonchev–Trinajstić information content (AvgIpc) is 3.01. The fourth-order valence-corrected chi connectivity index (χ4v) is 4.29. The summed E-state index contributed by atoms with van der Waals surface area (Å²) in [4.78, 5) is 18.8. The van der Waals surface area contributed by atoms with Gasteiger partial charge in [0.15, 0.2) is 0 Å². The molecule has 5 nitrogen and oxygen atoms in total. The molecule has 3 unspecified atom stereocenters. The van der Waals surface area contributed by atoms with Crippen molar-refractivity contribution in [3.05, 3.63) is 60.4 Å². The lowest BCUT2D eigenvalue weighted by atomic mass is 9.90. The molecule has 136 valence electrons. The molecule has 0 aliphatic carbocycles. The van der Waals surface area contributed by atoms with E-state index in [1.165, 1.54) is 0 Å². The Morgan fingerprint density at radius 2 is 1.85 bits per heavy atom. The zero-order valence-electron chi connectivity index (χ0n) is 14.9. The zero-order valence-corrected chi connectivity index (χ0v) is 14.9. The molecule has 0 radical (unpaired) electrons. The predicted molar refractivity (Wildman–Crippen MR) is 101 cm³/mol. The average molecular weight is 351 g/mol. The number of rotatable bonds is 5. The lowest BCUT2D eigenvalue weighted by Gasteiger charge is -2.39. The number of fused-ring (bicyclic) bond motifs is 2. The van der Waals surface area contributed by atoms with Crippen LogP contribution in [-0.2, 0) is 11.3 Å². The minimum atomic E-state index is -0.157. The number of anilines is 1. The molecule has 1 amide bonds. The largest absolute Gasteiger partial charge is 0.445 e. The molecule has 3 atom stereocenters. The van der Waals surface area contributed by atoms with Crippen LogP contribution in [0.25, 0.3) is 0 Å². The topological polar surface area (TPSA) is 54.5 Å². The molecule has 2 saturated heterocycles. The van der Waals surface area contributed by atoms with Crippen LogP contribution < -0.4 is 5.32 Å². The van der Waals surface area contributed by atoms with Gasteiger partial charge in [0.1, 0.15) is 6.61 Å². The third-order valence-corrected chi connectivity index (χ3v) is 5.63. The highest BCUT2D eigenvalue weighted by atomic mass is 16.6. The first kappa shape index (κ1) is 16.9. The van der Waals surface area contributed by atoms with Crippen LogP contribution in [0.3, 0.4) is 0 Å². The van der Waals surface area contributed by atoms with Gasteiger partial charge in [0.25, 0.3) is 0 Å². The van der Waals surface area contributed by atoms with Crippen LogP contribution in [0.15, 0.2) is 54.9 Å². The molecule has 5 heteroatoms. The maximum absolute atomic E-state index is 12.7. The Morgan fingerprint density at radius 3 is 2.65 bits per heavy atom. The Kier molecular flexibility index (Phi) is 5.04. The van der Waals surface area contributed by atoms with Gasteiger partial charge in [0, 0.05) is 36.7 Å². The van der Waals surface area contributed by atoms with Crippen molar-refractivity contribution >= 4 is 11.8 Å². The van der Waals surface area contributed by atoms with E-state index in [0.29, 0.717) is 18.6 Å². The minimum absolute atomic E-state index is 0.157. The van der Waals surface area contributed by atoms with Crippen molar-refractivity contribution < 1.29 is 9.53 Å². The van der Waals surface area contributed by atoms with Gasteiger partial charge in [-0.25, -0.2) is 4.79 Å². The van der Waals surface area contributed by atoms with Gasteiger partial charge >= 0.3 is 6.09 Å². The number of ether oxygens (including phenoxy) is 1. The molecule has 1 aromatic heterocycles. The first-order valence-corrected chi connectivity index (χ1v) is 9.44. The van der Waals surface area contributed by atoms with Gasteiger partial charge in [-0.1, -0.05) is 30.3 Å². The van der Waals surface area contributed by atoms with Crippen molar-refractivity contribution in [2.24, 2.45) is 5.92 Å². The highest BCUT2D eigenvalue weighted by Crippen LogP contribution is 2.39. The normalized spacial score (nSPS) is 24.3. The Hall–Kier alpha value is -2.56. The molecule has 2 aliphatic rings. The maximum Gasteiger partial charge on any atom is 0.410 e. The zero-order chi connectivity index (χ0) is 17.8. The van der Waals surface area contributed by atoms with Gasteiger partial charge in [-0.2, -0.15) is 0 Å². The van der Waals surface area contributed by atoms with Crippen LogP contribution >= 0.6 is 0 Å². The summed E-state index contributed by atoms with van der Waals surface area (Å²) in [5.41, 5.74) is 2.11. The molecular formula is C21H25N3O2. The fraction of sp³-hybridized carbons (Fsp3) is 0.429. The van der Waals surface area contributed by atoms with Crippen molar-refractivity contribution in [1.82, 2.24) is 9.88 Å². The second kappa shape index (κ2) is 7.77. The van der Waals surface area contributed by atoms with Gasteiger partial charge in [0.2, 0.25) is 0 Å². The molecule has 0 saturated carbocycles. The van der Waals surface area contributed by atoms with Gasteiger partial charge in [-0.05, 0) is 49.3 Å². The summed E-state index contributed by atoms with van der Waals surface area (Å²) in [7, 11) is 0. The van der Waals surface area contributed by atoms with Crippen LogP contribution in [0.5, 0.6) is 0 Å². The van der Waals surface area contributed by atoms with E-state index < -0.39 is 0 Å². The van der Waals surface area contributed by atoms with E-state index in [2.05, 4.69) is 10.3 Å². The van der Waals surface area contributed by atoms with E-state index in [-0.39, 0.29) is 12.1 Å². The van der Waals surface area contributed by atoms with E-state index in [1.54, 1.807) is 12.4 Å². The number of hydrogen-bond acceptors (Lipinski definition) is 4. The van der Waals surface area contributed by atoms with E-state index in [9.17, 15) is 4.79 Å². The summed E-state index contributed by atoms with van der Waals surface area (Å²) in [6.07, 6.45) is 7.83. The van der Waals surface area contributed by atoms with Gasteiger partial charge in [-0.3, -0.25) is 4.98 Å². The molecular weight excluding hydrogens is 326 g/mol. The van der Waals surface area contributed by atoms with E-state index in [0.717, 1.165) is 43.5 Å². The van der Waals surface area contributed by atoms with Crippen LogP contribution in [0.1, 0.15) is 31.2 Å². The third kappa shape index (κ3) is 3.66. The molecule has 0 spiro atoms. The number of aromatic nitrogens is 1. The van der Waals surface area contributed by atoms with E-state index >= 15 is 0 Å². The van der Waals surface area contributed by atoms with Crippen molar-refractivity contribution in [2.75, 3.05) is 11.9 Å². The Morgan fingerprint density at radius 1 is 1.08 bits per heavy atom. The smallest absolute Gasteiger partial charge is 0.410 e. The molecule has 2 fully saturated rings. The number of nitrogens with zero attached hydrogens (tertiary/aromatic N) is 2. The number of nitrogens with one attached hydrogen (secondary N) is 1. The standard InChI is InChI=1S/C21H25N3O2/c25-21(26-15-16-4-2-1-3-5-16)24-19-7-6-17(20(24)9-8-19)14-23-18-10-12-22-13-11-18/h1-5,10-13,17,19-20H,6-9,14-15H2,(H,22,23). The fourth-order valence-electron chi connectivity index (χ4n) is 4.29. The molecule has 1 aromatic carbocycles. The highest BCUT2D eigenvalue weighted by Gasteiger charge is 2.45. The summed E-state index contributed by atoms with van der Waals surface area (Å²) in [5.74, 6) is 0.464. The summed E-state index contributed by atoms with van der Waals surface area (Å²) < 4.78 is 5.62. The lowest BCUT2D eigenvalue weighted by Crippen LogP contribution is -2.49. The highest BCUT2D eigenvalue weighted by molar-refractivity contribution is 5.69. The monoisotopic (exact) mass is 351 g/mol. The first-order valence-electron chi connectivity index (χ1n) is 9.44. The van der Waals surface area contributed by atoms with Crippen molar-refractivity contribution in [2.45, 2.75) is 44.4 Å². The number of hydrogen-bond donors (Lipinski definition) is 1. The number of carbonyl (C=O) groups excluding carboxylic acids is 1. The second-order valence-corrected chi connectivity index (χ2v) is 7.20. The van der Waals surface area contributed by atoms with Gasteiger partial charge < -0.3 is 15.0 Å². The third-order valence-electron chi connectivity index (χ3n) is 5.63. The van der Waals surface area contributed by atoms with Crippen LogP contribution in [0, 0.1) is 5.92 Å². The van der Waals surface area contributed by atoms with E-state index in [1.807, 2.05) is 47.4 Å². The SMILES string of the molecule is O=C(OCc1ccccc1)N1C2CCC(CNc3ccncc3)C1CC2. The summed E-state index contributed by atoms with van der Waals surface area (Å²) >= 11 is 0. The number of pyridine rings is 1. The molecule has 1 N–H and O–H groups in total. The first-order chi connectivity index (χ1) is 12.8. The number of amides is 1. The summed E-state index contributed by atoms with van der Waals surface area (Å²) in [6, 6.07) is 14.5. The van der Waals surface area contributed by atoms with E-state index in [4.69, 9.17) is 4.74 Å². The second-order valence-electron chi connectivity index (χ2n) is 7.20. The number of piperidine rings is 1. The molecule has 4 rings (SSSR count). The molecule has 2 aliphatic heterocycles. The Balaban J connectivity index is 1.36. The van der Waals surface area contributed by atoms with Gasteiger partial charge in [0.05, 0.1) is 0 Å². The van der Waals surface area contributed by atoms with Crippen LogP contribution in [0.4, 0.5) is 10.5 Å². The molecule has 2 bridgehead atoms. The number of benzene rings is 1. The predicted octanol–water partition coefficient (Wildman–Crippen LogP) is 4.07. The van der Waals surface area contributed by atoms with Crippen molar-refractivity contribution in [1.29, 1.82) is 0 Å². The maximum atomic E-state index is 12.7. The van der Waals surface area contributed by atoms with Crippen LogP contribution in [-0.4, -0.2) is 34.6 Å². The van der Waals surface area contributed by atoms with Crippen molar-refractivity contribution in [3.8, 4) is 0 Å². The quantitative estimate of drug-likeness (QED) is 0.882. The van der Waals surface area contributed by atoms with Crippen molar-refractivity contribution in [3.63, 3.8) is 0 Å². The van der Waals surface area contributed by atoms with Crippen LogP contribution in [0.2, 0.25) is 0 Å². The van der Waals surface area contributed by atoms with Gasteiger partial charge in [-0.15, -0.1) is 0 Å². The molecule has 3 heterocycles. The Bertz CT molecular complexity index is 723.